The highest BCUT2D eigenvalue weighted by atomic mass is 32.2. The van der Waals surface area contributed by atoms with Crippen molar-refractivity contribution in [3.63, 3.8) is 0 Å². The molecule has 0 heterocycles. The van der Waals surface area contributed by atoms with Crippen molar-refractivity contribution in [2.75, 3.05) is 0 Å². The molecule has 0 aliphatic heterocycles. The molecule has 0 saturated carbocycles. The molecular weight excluding hydrogens is 332 g/mol. The standard InChI is InChI=1S/C12H12F4O5S/c1-4-12(2,3)11(17)21-9-5(13)7(15)10(22(18,19)20)8(16)6(9)14/h4H2,1-3H3,(H,18,19,20)/p-1. The lowest BCUT2D eigenvalue weighted by atomic mass is 9.91. The lowest BCUT2D eigenvalue weighted by molar-refractivity contribution is -0.144. The zero-order valence-corrected chi connectivity index (χ0v) is 12.5. The average Bonchev–Trinajstić information content (AvgIpc) is 2.39. The molecule has 0 fully saturated rings. The monoisotopic (exact) mass is 343 g/mol. The normalized spacial score (nSPS) is 12.4. The summed E-state index contributed by atoms with van der Waals surface area (Å²) in [6.45, 7) is 4.27. The Hall–Kier alpha value is -1.68. The summed E-state index contributed by atoms with van der Waals surface area (Å²) in [5.41, 5.74) is -1.21. The van der Waals surface area contributed by atoms with E-state index in [-0.39, 0.29) is 6.42 Å². The predicted octanol–water partition coefficient (Wildman–Crippen LogP) is 2.49. The van der Waals surface area contributed by atoms with Crippen LogP contribution in [0.25, 0.3) is 0 Å². The first-order valence-corrected chi connectivity index (χ1v) is 7.29. The van der Waals surface area contributed by atoms with Gasteiger partial charge in [-0.3, -0.25) is 4.79 Å². The van der Waals surface area contributed by atoms with Gasteiger partial charge in [-0.25, -0.2) is 17.2 Å². The summed E-state index contributed by atoms with van der Waals surface area (Å²) in [7, 11) is -5.81. The van der Waals surface area contributed by atoms with Gasteiger partial charge in [0.05, 0.1) is 5.41 Å². The summed E-state index contributed by atoms with van der Waals surface area (Å²) in [5, 5.41) is 0. The van der Waals surface area contributed by atoms with E-state index < -0.39 is 55.4 Å². The number of ether oxygens (including phenoxy) is 1. The minimum Gasteiger partial charge on any atom is -0.744 e. The number of hydrogen-bond acceptors (Lipinski definition) is 5. The van der Waals surface area contributed by atoms with Crippen molar-refractivity contribution in [1.82, 2.24) is 0 Å². The van der Waals surface area contributed by atoms with E-state index in [0.29, 0.717) is 0 Å². The van der Waals surface area contributed by atoms with Gasteiger partial charge in [0.1, 0.15) is 15.0 Å². The highest BCUT2D eigenvalue weighted by Crippen LogP contribution is 2.34. The van der Waals surface area contributed by atoms with Crippen LogP contribution in [0.2, 0.25) is 0 Å². The number of halogens is 4. The Kier molecular flexibility index (Phi) is 4.88. The Morgan fingerprint density at radius 3 is 1.82 bits per heavy atom. The molecule has 0 radical (unpaired) electrons. The minimum atomic E-state index is -5.81. The van der Waals surface area contributed by atoms with Gasteiger partial charge in [0, 0.05) is 0 Å². The molecule has 0 saturated heterocycles. The Bertz CT molecular complexity index is 699. The maximum Gasteiger partial charge on any atom is 0.317 e. The molecule has 0 bridgehead atoms. The molecule has 0 aliphatic rings. The van der Waals surface area contributed by atoms with Crippen LogP contribution in [0.1, 0.15) is 27.2 Å². The third kappa shape index (κ3) is 3.22. The average molecular weight is 343 g/mol. The van der Waals surface area contributed by atoms with E-state index in [1.165, 1.54) is 13.8 Å². The maximum atomic E-state index is 13.6. The summed E-state index contributed by atoms with van der Waals surface area (Å²) in [5.74, 6) is -12.4. The van der Waals surface area contributed by atoms with Gasteiger partial charge in [0.2, 0.25) is 17.4 Å². The van der Waals surface area contributed by atoms with Crippen LogP contribution >= 0.6 is 0 Å². The fraction of sp³-hybridized carbons (Fsp3) is 0.417. The van der Waals surface area contributed by atoms with E-state index in [9.17, 15) is 35.3 Å². The fourth-order valence-electron chi connectivity index (χ4n) is 1.28. The van der Waals surface area contributed by atoms with Gasteiger partial charge < -0.3 is 9.29 Å². The second kappa shape index (κ2) is 5.84. The first kappa shape index (κ1) is 18.4. The maximum absolute atomic E-state index is 13.6. The largest absolute Gasteiger partial charge is 0.744 e. The Morgan fingerprint density at radius 1 is 1.09 bits per heavy atom. The molecule has 0 amide bonds. The van der Waals surface area contributed by atoms with Crippen molar-refractivity contribution in [2.24, 2.45) is 5.41 Å². The van der Waals surface area contributed by atoms with Crippen LogP contribution in [0.15, 0.2) is 4.90 Å². The molecule has 1 rings (SSSR count). The topological polar surface area (TPSA) is 83.5 Å². The van der Waals surface area contributed by atoms with Crippen LogP contribution in [0.4, 0.5) is 17.6 Å². The quantitative estimate of drug-likeness (QED) is 0.276. The van der Waals surface area contributed by atoms with E-state index in [1.807, 2.05) is 0 Å². The number of carbonyl (C=O) groups excluding carboxylic acids is 1. The molecule has 0 spiro atoms. The first-order chi connectivity index (χ1) is 9.84. The molecule has 1 aromatic rings. The number of benzene rings is 1. The number of esters is 1. The molecule has 10 heteroatoms. The molecule has 0 atom stereocenters. The lowest BCUT2D eigenvalue weighted by Gasteiger charge is -2.21. The number of hydrogen-bond donors (Lipinski definition) is 0. The Labute approximate surface area is 123 Å². The number of carbonyl (C=O) groups is 1. The van der Waals surface area contributed by atoms with Gasteiger partial charge >= 0.3 is 5.97 Å². The third-order valence-corrected chi connectivity index (χ3v) is 3.92. The van der Waals surface area contributed by atoms with Gasteiger partial charge in [-0.15, -0.1) is 0 Å². The summed E-state index contributed by atoms with van der Waals surface area (Å²) < 4.78 is 90.4. The third-order valence-electron chi connectivity index (χ3n) is 3.06. The Morgan fingerprint density at radius 2 is 1.50 bits per heavy atom. The second-order valence-electron chi connectivity index (χ2n) is 5.00. The van der Waals surface area contributed by atoms with Crippen LogP contribution in [0.3, 0.4) is 0 Å². The highest BCUT2D eigenvalue weighted by molar-refractivity contribution is 7.85. The van der Waals surface area contributed by atoms with Crippen LogP contribution in [-0.2, 0) is 14.9 Å². The lowest BCUT2D eigenvalue weighted by Crippen LogP contribution is -2.29. The summed E-state index contributed by atoms with van der Waals surface area (Å²) in [6, 6.07) is 0. The van der Waals surface area contributed by atoms with Crippen molar-refractivity contribution in [3.8, 4) is 5.75 Å². The SMILES string of the molecule is CCC(C)(C)C(=O)Oc1c(F)c(F)c(S(=O)(=O)[O-])c(F)c1F. The van der Waals surface area contributed by atoms with Gasteiger partial charge in [-0.2, -0.15) is 8.78 Å². The van der Waals surface area contributed by atoms with Crippen molar-refractivity contribution in [3.05, 3.63) is 23.3 Å². The highest BCUT2D eigenvalue weighted by Gasteiger charge is 2.34. The molecular formula is C12H11F4O5S-. The zero-order chi connectivity index (χ0) is 17.5. The van der Waals surface area contributed by atoms with E-state index in [1.54, 1.807) is 6.92 Å². The van der Waals surface area contributed by atoms with Gasteiger partial charge in [-0.1, -0.05) is 6.92 Å². The second-order valence-corrected chi connectivity index (χ2v) is 6.31. The summed E-state index contributed by atoms with van der Waals surface area (Å²) in [6.07, 6.45) is 0.188. The molecule has 1 aromatic carbocycles. The molecule has 0 N–H and O–H groups in total. The predicted molar refractivity (Wildman–Crippen MR) is 63.9 cm³/mol. The van der Waals surface area contributed by atoms with Crippen LogP contribution in [0, 0.1) is 28.7 Å². The zero-order valence-electron chi connectivity index (χ0n) is 11.7. The number of rotatable bonds is 4. The van der Waals surface area contributed by atoms with Crippen LogP contribution < -0.4 is 4.74 Å². The van der Waals surface area contributed by atoms with Gasteiger partial charge in [0.15, 0.2) is 11.6 Å². The summed E-state index contributed by atoms with van der Waals surface area (Å²) >= 11 is 0. The minimum absolute atomic E-state index is 0.188. The molecule has 0 unspecified atom stereocenters. The molecule has 0 aromatic heterocycles. The fourth-order valence-corrected chi connectivity index (χ4v) is 1.89. The molecule has 0 aliphatic carbocycles. The first-order valence-electron chi connectivity index (χ1n) is 5.88. The van der Waals surface area contributed by atoms with E-state index >= 15 is 0 Å². The molecule has 124 valence electrons. The molecule has 5 nitrogen and oxygen atoms in total. The van der Waals surface area contributed by atoms with E-state index in [0.717, 1.165) is 0 Å². The van der Waals surface area contributed by atoms with Gasteiger partial charge in [-0.05, 0) is 20.3 Å². The van der Waals surface area contributed by atoms with E-state index in [2.05, 4.69) is 4.74 Å². The van der Waals surface area contributed by atoms with E-state index in [4.69, 9.17) is 0 Å². The van der Waals surface area contributed by atoms with Crippen molar-refractivity contribution in [1.29, 1.82) is 0 Å². The molecule has 22 heavy (non-hydrogen) atoms. The van der Waals surface area contributed by atoms with Crippen molar-refractivity contribution < 1.29 is 40.1 Å². The van der Waals surface area contributed by atoms with Gasteiger partial charge in [0.25, 0.3) is 0 Å². The summed E-state index contributed by atoms with van der Waals surface area (Å²) in [4.78, 5) is 9.39. The van der Waals surface area contributed by atoms with Crippen LogP contribution in [0.5, 0.6) is 5.75 Å². The van der Waals surface area contributed by atoms with Crippen molar-refractivity contribution in [2.45, 2.75) is 32.1 Å². The Balaban J connectivity index is 3.52. The van der Waals surface area contributed by atoms with Crippen LogP contribution in [-0.4, -0.2) is 18.9 Å². The van der Waals surface area contributed by atoms with Crippen molar-refractivity contribution >= 4 is 16.1 Å². The smallest absolute Gasteiger partial charge is 0.317 e.